The summed E-state index contributed by atoms with van der Waals surface area (Å²) >= 11 is 3.46. The third-order valence-electron chi connectivity index (χ3n) is 4.83. The Labute approximate surface area is 187 Å². The molecule has 0 saturated heterocycles. The van der Waals surface area contributed by atoms with Crippen LogP contribution in [0.3, 0.4) is 0 Å². The second-order valence-corrected chi connectivity index (χ2v) is 7.82. The molecule has 1 amide bonds. The van der Waals surface area contributed by atoms with Crippen molar-refractivity contribution in [3.63, 3.8) is 0 Å². The summed E-state index contributed by atoms with van der Waals surface area (Å²) in [6.45, 7) is 0.311. The zero-order valence-electron chi connectivity index (χ0n) is 16.4. The van der Waals surface area contributed by atoms with E-state index in [2.05, 4.69) is 31.2 Å². The summed E-state index contributed by atoms with van der Waals surface area (Å²) in [6, 6.07) is 19.9. The molecule has 4 aromatic rings. The molecule has 0 aliphatic rings. The minimum Gasteiger partial charge on any atom is -0.385 e. The predicted molar refractivity (Wildman–Crippen MR) is 124 cm³/mol. The van der Waals surface area contributed by atoms with Gasteiger partial charge in [0.1, 0.15) is 5.82 Å². The van der Waals surface area contributed by atoms with Crippen LogP contribution in [0.15, 0.2) is 83.6 Å². The van der Waals surface area contributed by atoms with Crippen LogP contribution in [0, 0.1) is 0 Å². The van der Waals surface area contributed by atoms with E-state index in [9.17, 15) is 9.59 Å². The third-order valence-corrected chi connectivity index (χ3v) is 5.33. The van der Waals surface area contributed by atoms with Crippen LogP contribution in [0.4, 0.5) is 5.82 Å². The van der Waals surface area contributed by atoms with Crippen molar-refractivity contribution in [1.29, 1.82) is 0 Å². The number of nitrogens with one attached hydrogen (secondary N) is 2. The van der Waals surface area contributed by atoms with Gasteiger partial charge in [0.15, 0.2) is 0 Å². The molecule has 0 aliphatic heterocycles. The second kappa shape index (κ2) is 8.97. The maximum Gasteiger partial charge on any atom is 0.255 e. The zero-order valence-corrected chi connectivity index (χ0v) is 18.0. The Morgan fingerprint density at radius 1 is 1.00 bits per heavy atom. The Morgan fingerprint density at radius 3 is 2.45 bits per heavy atom. The van der Waals surface area contributed by atoms with E-state index in [4.69, 9.17) is 5.73 Å². The van der Waals surface area contributed by atoms with Crippen molar-refractivity contribution < 1.29 is 9.59 Å². The van der Waals surface area contributed by atoms with E-state index < -0.39 is 0 Å². The van der Waals surface area contributed by atoms with Crippen LogP contribution in [-0.2, 0) is 6.54 Å². The number of amides is 1. The van der Waals surface area contributed by atoms with Gasteiger partial charge in [0.25, 0.3) is 5.91 Å². The van der Waals surface area contributed by atoms with Crippen LogP contribution in [0.5, 0.6) is 0 Å². The topological polar surface area (TPSA) is 101 Å². The number of pyridine rings is 1. The summed E-state index contributed by atoms with van der Waals surface area (Å²) in [7, 11) is 0. The van der Waals surface area contributed by atoms with Gasteiger partial charge in [0, 0.05) is 34.5 Å². The van der Waals surface area contributed by atoms with Crippen molar-refractivity contribution in [2.24, 2.45) is 0 Å². The highest BCUT2D eigenvalue weighted by Gasteiger charge is 2.27. The second-order valence-electron chi connectivity index (χ2n) is 6.91. The molecular formula is C24H19BrN4O2. The monoisotopic (exact) mass is 474 g/mol. The van der Waals surface area contributed by atoms with Gasteiger partial charge in [-0.05, 0) is 35.4 Å². The number of H-pyrrole nitrogens is 1. The molecule has 2 aromatic carbocycles. The maximum atomic E-state index is 13.3. The average molecular weight is 475 g/mol. The molecule has 6 nitrogen and oxygen atoms in total. The van der Waals surface area contributed by atoms with Crippen molar-refractivity contribution in [3.8, 4) is 11.1 Å². The first-order chi connectivity index (χ1) is 15.0. The number of hydrogen-bond donors (Lipinski definition) is 3. The first-order valence-electron chi connectivity index (χ1n) is 9.59. The molecule has 0 radical (unpaired) electrons. The quantitative estimate of drug-likeness (QED) is 0.356. The number of carbonyl (C=O) groups excluding carboxylic acids is 2. The summed E-state index contributed by atoms with van der Waals surface area (Å²) in [5, 5.41) is 2.88. The molecule has 31 heavy (non-hydrogen) atoms. The molecule has 4 rings (SSSR count). The number of nitrogens with two attached hydrogens (primary N) is 1. The van der Waals surface area contributed by atoms with Crippen molar-refractivity contribution in [3.05, 3.63) is 106 Å². The molecule has 0 atom stereocenters. The van der Waals surface area contributed by atoms with Crippen LogP contribution in [-0.4, -0.2) is 21.7 Å². The van der Waals surface area contributed by atoms with Gasteiger partial charge in [-0.15, -0.1) is 0 Å². The van der Waals surface area contributed by atoms with E-state index in [0.717, 1.165) is 10.0 Å². The Balaban J connectivity index is 1.78. The van der Waals surface area contributed by atoms with Crippen LogP contribution in [0.2, 0.25) is 0 Å². The summed E-state index contributed by atoms with van der Waals surface area (Å²) in [5.74, 6) is -0.468. The number of benzene rings is 2. The van der Waals surface area contributed by atoms with E-state index in [-0.39, 0.29) is 28.8 Å². The van der Waals surface area contributed by atoms with E-state index in [1.807, 2.05) is 42.5 Å². The lowest BCUT2D eigenvalue weighted by Gasteiger charge is -2.10. The predicted octanol–water partition coefficient (Wildman–Crippen LogP) is 4.58. The number of halogens is 1. The fourth-order valence-electron chi connectivity index (χ4n) is 3.36. The maximum absolute atomic E-state index is 13.3. The van der Waals surface area contributed by atoms with E-state index in [1.165, 1.54) is 0 Å². The summed E-state index contributed by atoms with van der Waals surface area (Å²) in [4.78, 5) is 33.3. The molecule has 0 bridgehead atoms. The number of carbonyl (C=O) groups is 2. The molecular weight excluding hydrogens is 456 g/mol. The van der Waals surface area contributed by atoms with Crippen LogP contribution >= 0.6 is 15.9 Å². The molecule has 154 valence electrons. The molecule has 2 aromatic heterocycles. The molecule has 2 heterocycles. The Hall–Kier alpha value is -3.71. The molecule has 7 heteroatoms. The van der Waals surface area contributed by atoms with E-state index >= 15 is 0 Å². The Morgan fingerprint density at radius 2 is 1.74 bits per heavy atom. The van der Waals surface area contributed by atoms with Gasteiger partial charge in [0.05, 0.1) is 11.3 Å². The molecule has 0 fully saturated rings. The SMILES string of the molecule is Nc1[nH]c(C(=O)c2ccccc2)c(-c2cccc(Br)c2)c1C(=O)NCc1ccncc1. The number of nitrogen functional groups attached to an aromatic ring is 1. The standard InChI is InChI=1S/C24H19BrN4O2/c25-18-8-4-7-17(13-18)19-20(24(31)28-14-15-9-11-27-12-10-15)23(26)29-21(19)22(30)16-5-2-1-3-6-16/h1-13,29H,14,26H2,(H,28,31). The van der Waals surface area contributed by atoms with Gasteiger partial charge in [0.2, 0.25) is 5.78 Å². The average Bonchev–Trinajstić information content (AvgIpc) is 3.15. The van der Waals surface area contributed by atoms with Crippen molar-refractivity contribution >= 4 is 33.4 Å². The van der Waals surface area contributed by atoms with Gasteiger partial charge >= 0.3 is 0 Å². The smallest absolute Gasteiger partial charge is 0.255 e. The van der Waals surface area contributed by atoms with Gasteiger partial charge in [-0.1, -0.05) is 58.4 Å². The minimum absolute atomic E-state index is 0.140. The first-order valence-corrected chi connectivity index (χ1v) is 10.4. The third kappa shape index (κ3) is 4.41. The highest BCUT2D eigenvalue weighted by Crippen LogP contribution is 2.34. The summed E-state index contributed by atoms with van der Waals surface area (Å²) in [5.41, 5.74) is 9.31. The molecule has 0 aliphatic carbocycles. The van der Waals surface area contributed by atoms with Crippen LogP contribution in [0.1, 0.15) is 32.0 Å². The summed E-state index contributed by atoms with van der Waals surface area (Å²) in [6.07, 6.45) is 3.32. The fraction of sp³-hybridized carbons (Fsp3) is 0.0417. The lowest BCUT2D eigenvalue weighted by molar-refractivity contribution is 0.0952. The molecule has 0 spiro atoms. The number of hydrogen-bond acceptors (Lipinski definition) is 4. The lowest BCUT2D eigenvalue weighted by atomic mass is 9.96. The normalized spacial score (nSPS) is 10.6. The number of aromatic amines is 1. The lowest BCUT2D eigenvalue weighted by Crippen LogP contribution is -2.24. The Kier molecular flexibility index (Phi) is 5.95. The fourth-order valence-corrected chi connectivity index (χ4v) is 3.76. The van der Waals surface area contributed by atoms with Crippen LogP contribution in [0.25, 0.3) is 11.1 Å². The molecule has 4 N–H and O–H groups in total. The largest absolute Gasteiger partial charge is 0.385 e. The number of anilines is 1. The number of aromatic nitrogens is 2. The van der Waals surface area contributed by atoms with E-state index in [1.54, 1.807) is 36.7 Å². The molecule has 0 saturated carbocycles. The number of rotatable bonds is 6. The van der Waals surface area contributed by atoms with E-state index in [0.29, 0.717) is 23.2 Å². The number of ketones is 1. The van der Waals surface area contributed by atoms with Gasteiger partial charge in [-0.3, -0.25) is 14.6 Å². The number of nitrogens with zero attached hydrogens (tertiary/aromatic N) is 1. The first kappa shape index (κ1) is 20.6. The van der Waals surface area contributed by atoms with Gasteiger partial charge in [-0.25, -0.2) is 0 Å². The van der Waals surface area contributed by atoms with Gasteiger partial charge < -0.3 is 16.0 Å². The minimum atomic E-state index is -0.368. The summed E-state index contributed by atoms with van der Waals surface area (Å²) < 4.78 is 0.825. The molecule has 0 unspecified atom stereocenters. The highest BCUT2D eigenvalue weighted by atomic mass is 79.9. The van der Waals surface area contributed by atoms with Crippen LogP contribution < -0.4 is 11.1 Å². The zero-order chi connectivity index (χ0) is 21.8. The van der Waals surface area contributed by atoms with Crippen molar-refractivity contribution in [2.75, 3.05) is 5.73 Å². The van der Waals surface area contributed by atoms with Gasteiger partial charge in [-0.2, -0.15) is 0 Å². The highest BCUT2D eigenvalue weighted by molar-refractivity contribution is 9.10. The Bertz CT molecular complexity index is 1240. The van der Waals surface area contributed by atoms with Crippen molar-refractivity contribution in [1.82, 2.24) is 15.3 Å². The van der Waals surface area contributed by atoms with Crippen molar-refractivity contribution in [2.45, 2.75) is 6.54 Å².